The van der Waals surface area contributed by atoms with Crippen LogP contribution in [-0.2, 0) is 4.74 Å². The number of nitriles is 1. The van der Waals surface area contributed by atoms with E-state index in [0.29, 0.717) is 42.6 Å². The summed E-state index contributed by atoms with van der Waals surface area (Å²) in [4.78, 5) is 22.4. The van der Waals surface area contributed by atoms with Gasteiger partial charge in [0.05, 0.1) is 22.7 Å². The van der Waals surface area contributed by atoms with Gasteiger partial charge in [-0.05, 0) is 44.0 Å². The van der Waals surface area contributed by atoms with Gasteiger partial charge >= 0.3 is 12.3 Å². The molecule has 0 N–H and O–H groups in total. The summed E-state index contributed by atoms with van der Waals surface area (Å²) in [5.41, 5.74) is 0.824. The number of ether oxygens (including phenoxy) is 2. The van der Waals surface area contributed by atoms with Gasteiger partial charge < -0.3 is 14.4 Å². The monoisotopic (exact) mass is 503 g/mol. The molecular formula is C24H21F4N5O3. The number of amides is 1. The Bertz CT molecular complexity index is 1340. The summed E-state index contributed by atoms with van der Waals surface area (Å²) in [6.07, 6.45) is -3.03. The first-order valence-corrected chi connectivity index (χ1v) is 11.4. The number of hydrogen-bond acceptors (Lipinski definition) is 6. The second-order valence-electron chi connectivity index (χ2n) is 8.95. The lowest BCUT2D eigenvalue weighted by molar-refractivity contribution is -0.200. The van der Waals surface area contributed by atoms with Crippen LogP contribution in [0.3, 0.4) is 0 Å². The number of rotatable bonds is 4. The number of aromatic nitrogens is 3. The van der Waals surface area contributed by atoms with Crippen molar-refractivity contribution >= 4 is 17.1 Å². The van der Waals surface area contributed by atoms with E-state index in [1.54, 1.807) is 12.3 Å². The van der Waals surface area contributed by atoms with E-state index in [1.165, 1.54) is 27.9 Å². The highest BCUT2D eigenvalue weighted by molar-refractivity contribution is 5.83. The number of carbonyl (C=O) groups is 1. The van der Waals surface area contributed by atoms with Crippen LogP contribution in [0, 0.1) is 17.1 Å². The van der Waals surface area contributed by atoms with Gasteiger partial charge in [0.2, 0.25) is 5.88 Å². The average Bonchev–Trinajstić information content (AvgIpc) is 3.37. The molecule has 0 saturated carbocycles. The van der Waals surface area contributed by atoms with E-state index < -0.39 is 24.2 Å². The van der Waals surface area contributed by atoms with Crippen molar-refractivity contribution in [2.24, 2.45) is 0 Å². The summed E-state index contributed by atoms with van der Waals surface area (Å²) in [5, 5.41) is 9.52. The van der Waals surface area contributed by atoms with Gasteiger partial charge in [0.15, 0.2) is 11.8 Å². The van der Waals surface area contributed by atoms with E-state index in [1.807, 2.05) is 6.07 Å². The Morgan fingerprint density at radius 2 is 1.92 bits per heavy atom. The van der Waals surface area contributed by atoms with Crippen LogP contribution in [0.5, 0.6) is 5.88 Å². The van der Waals surface area contributed by atoms with Gasteiger partial charge in [-0.15, -0.1) is 0 Å². The maximum atomic E-state index is 14.6. The maximum absolute atomic E-state index is 14.6. The predicted octanol–water partition coefficient (Wildman–Crippen LogP) is 4.89. The highest BCUT2D eigenvalue weighted by Crippen LogP contribution is 2.39. The fourth-order valence-corrected chi connectivity index (χ4v) is 4.95. The van der Waals surface area contributed by atoms with Gasteiger partial charge in [0.25, 0.3) is 0 Å². The van der Waals surface area contributed by atoms with Crippen molar-refractivity contribution in [3.8, 4) is 17.6 Å². The molecule has 1 unspecified atom stereocenters. The zero-order valence-electron chi connectivity index (χ0n) is 19.1. The molecular weight excluding hydrogens is 482 g/mol. The van der Waals surface area contributed by atoms with Crippen LogP contribution in [-0.4, -0.2) is 56.0 Å². The first-order valence-electron chi connectivity index (χ1n) is 11.4. The zero-order chi connectivity index (χ0) is 25.6. The second kappa shape index (κ2) is 8.96. The summed E-state index contributed by atoms with van der Waals surface area (Å²) < 4.78 is 65.4. The van der Waals surface area contributed by atoms with Crippen LogP contribution >= 0.6 is 0 Å². The molecule has 2 saturated heterocycles. The van der Waals surface area contributed by atoms with Crippen molar-refractivity contribution in [1.29, 1.82) is 5.26 Å². The molecule has 36 heavy (non-hydrogen) atoms. The minimum atomic E-state index is -4.62. The highest BCUT2D eigenvalue weighted by Gasteiger charge is 2.47. The summed E-state index contributed by atoms with van der Waals surface area (Å²) in [6.45, 7) is 0.811. The van der Waals surface area contributed by atoms with Crippen LogP contribution in [0.4, 0.5) is 22.4 Å². The molecule has 8 nitrogen and oxygen atoms in total. The van der Waals surface area contributed by atoms with Crippen molar-refractivity contribution in [1.82, 2.24) is 19.4 Å². The fraction of sp³-hybridized carbons (Fsp3) is 0.417. The lowest BCUT2D eigenvalue weighted by atomic mass is 10.0. The molecule has 4 heterocycles. The van der Waals surface area contributed by atoms with Gasteiger partial charge in [0.1, 0.15) is 18.2 Å². The number of nitrogens with zero attached hydrogens (tertiary/aromatic N) is 5. The maximum Gasteiger partial charge on any atom is 0.425 e. The molecule has 0 aliphatic carbocycles. The molecule has 0 spiro atoms. The predicted molar refractivity (Wildman–Crippen MR) is 118 cm³/mol. The number of piperidine rings is 1. The van der Waals surface area contributed by atoms with E-state index in [9.17, 15) is 22.4 Å². The Morgan fingerprint density at radius 1 is 1.19 bits per heavy atom. The van der Waals surface area contributed by atoms with Crippen LogP contribution in [0.15, 0.2) is 36.8 Å². The van der Waals surface area contributed by atoms with E-state index in [0.717, 1.165) is 13.0 Å². The van der Waals surface area contributed by atoms with Gasteiger partial charge in [-0.1, -0.05) is 0 Å². The van der Waals surface area contributed by atoms with Crippen molar-refractivity contribution in [2.45, 2.75) is 63.1 Å². The Labute approximate surface area is 203 Å². The Morgan fingerprint density at radius 3 is 2.56 bits per heavy atom. The van der Waals surface area contributed by atoms with Gasteiger partial charge in [0, 0.05) is 31.1 Å². The van der Waals surface area contributed by atoms with Gasteiger partial charge in [-0.3, -0.25) is 4.57 Å². The van der Waals surface area contributed by atoms with Gasteiger partial charge in [-0.2, -0.15) is 18.4 Å². The van der Waals surface area contributed by atoms with E-state index >= 15 is 0 Å². The van der Waals surface area contributed by atoms with Crippen LogP contribution in [0.25, 0.3) is 16.7 Å². The number of benzene rings is 1. The standard InChI is InChI=1S/C24H21F4N5O3/c1-13(24(26,27)28)35-23(34)33-15-3-4-16(33)10-17(9-15)36-22-18-6-7-32(21(18)30-12-31-22)20-5-2-14(11-29)8-19(20)25/h2,5-8,12-13,15-17H,3-4,9-10H2,1H3/t13?,15-,16-/m0/s1. The minimum absolute atomic E-state index is 0.198. The fourth-order valence-electron chi connectivity index (χ4n) is 4.95. The first kappa shape index (κ1) is 23.8. The van der Waals surface area contributed by atoms with Crippen molar-refractivity contribution in [3.63, 3.8) is 0 Å². The quantitative estimate of drug-likeness (QED) is 0.471. The summed E-state index contributed by atoms with van der Waals surface area (Å²) in [7, 11) is 0. The minimum Gasteiger partial charge on any atom is -0.474 e. The number of hydrogen-bond donors (Lipinski definition) is 0. The number of carbonyl (C=O) groups excluding carboxylic acids is 1. The van der Waals surface area contributed by atoms with Crippen LogP contribution in [0.1, 0.15) is 38.2 Å². The molecule has 188 valence electrons. The van der Waals surface area contributed by atoms with Crippen molar-refractivity contribution < 1.29 is 31.8 Å². The van der Waals surface area contributed by atoms with Crippen molar-refractivity contribution in [2.75, 3.05) is 0 Å². The number of alkyl halides is 3. The lowest BCUT2D eigenvalue weighted by Crippen LogP contribution is -2.50. The third kappa shape index (κ3) is 4.29. The molecule has 2 aromatic heterocycles. The summed E-state index contributed by atoms with van der Waals surface area (Å²) >= 11 is 0. The molecule has 2 fully saturated rings. The average molecular weight is 503 g/mol. The highest BCUT2D eigenvalue weighted by atomic mass is 19.4. The molecule has 12 heteroatoms. The molecule has 3 atom stereocenters. The van der Waals surface area contributed by atoms with E-state index in [4.69, 9.17) is 10.00 Å². The third-order valence-corrected chi connectivity index (χ3v) is 6.70. The van der Waals surface area contributed by atoms with E-state index in [2.05, 4.69) is 14.7 Å². The molecule has 1 aromatic carbocycles. The third-order valence-electron chi connectivity index (χ3n) is 6.70. The van der Waals surface area contributed by atoms with Crippen molar-refractivity contribution in [3.05, 3.63) is 48.2 Å². The second-order valence-corrected chi connectivity index (χ2v) is 8.95. The topological polar surface area (TPSA) is 93.3 Å². The number of halogens is 4. The molecule has 2 aliphatic heterocycles. The largest absolute Gasteiger partial charge is 0.474 e. The molecule has 1 amide bonds. The summed E-state index contributed by atoms with van der Waals surface area (Å²) in [6, 6.07) is 7.14. The Hall–Kier alpha value is -3.88. The molecule has 0 radical (unpaired) electrons. The molecule has 2 bridgehead atoms. The SMILES string of the molecule is CC(OC(=O)N1[C@H]2CC[C@H]1CC(Oc1ncnc3c1ccn3-c1ccc(C#N)cc1F)C2)C(F)(F)F. The molecule has 5 rings (SSSR count). The summed E-state index contributed by atoms with van der Waals surface area (Å²) in [5.74, 6) is -0.290. The molecule has 2 aliphatic rings. The Balaban J connectivity index is 1.33. The first-order chi connectivity index (χ1) is 17.2. The normalized spacial score (nSPS) is 22.3. The molecule has 3 aromatic rings. The van der Waals surface area contributed by atoms with Gasteiger partial charge in [-0.25, -0.2) is 19.2 Å². The van der Waals surface area contributed by atoms with Crippen LogP contribution < -0.4 is 4.74 Å². The lowest BCUT2D eigenvalue weighted by Gasteiger charge is -2.38. The van der Waals surface area contributed by atoms with Crippen LogP contribution in [0.2, 0.25) is 0 Å². The smallest absolute Gasteiger partial charge is 0.425 e. The van der Waals surface area contributed by atoms with E-state index in [-0.39, 0.29) is 29.4 Å². The number of fused-ring (bicyclic) bond motifs is 3. The zero-order valence-corrected chi connectivity index (χ0v) is 19.1. The Kier molecular flexibility index (Phi) is 5.94.